The molecule has 4 aromatic rings. The molecule has 1 aliphatic rings. The minimum absolute atomic E-state index is 0.518. The standard InChI is InChI=1S/C26H18Cl2N2.2BrH.Ni/c1-15-7-3-8-16(2)23(15)29-24-18-11-4-9-17-10-5-12-19(22(17)18)25(24)30-26-20(27)13-6-14-21(26)28;;;/h3-14H,1-2H3;2*1H;/q;;;+2/p-2. The predicted molar refractivity (Wildman–Crippen MR) is 147 cm³/mol. The van der Waals surface area contributed by atoms with Crippen molar-refractivity contribution in [2.75, 3.05) is 0 Å². The van der Waals surface area contributed by atoms with E-state index in [1.54, 1.807) is 12.1 Å². The van der Waals surface area contributed by atoms with Gasteiger partial charge in [0, 0.05) is 16.5 Å². The summed E-state index contributed by atoms with van der Waals surface area (Å²) in [5, 5.41) is 3.36. The summed E-state index contributed by atoms with van der Waals surface area (Å²) >= 11 is 18.9. The topological polar surface area (TPSA) is 24.7 Å². The Morgan fingerprint density at radius 1 is 0.636 bits per heavy atom. The zero-order valence-corrected chi connectivity index (χ0v) is 23.3. The summed E-state index contributed by atoms with van der Waals surface area (Å²) in [5.74, 6) is 0. The van der Waals surface area contributed by atoms with Gasteiger partial charge in [-0.1, -0.05) is 83.9 Å². The first-order valence-corrected chi connectivity index (χ1v) is 15.6. The Morgan fingerprint density at radius 3 is 1.58 bits per heavy atom. The SMILES string of the molecule is Cc1cccc(C)c1N=C1C(=Nc2c(Cl)cccc2Cl)c2cccc3cccc1c23.[Br][Ni][Br]. The monoisotopic (exact) mass is 644 g/mol. The van der Waals surface area contributed by atoms with Crippen molar-refractivity contribution in [2.45, 2.75) is 13.8 Å². The van der Waals surface area contributed by atoms with Gasteiger partial charge in [-0.05, 0) is 42.5 Å². The fourth-order valence-electron chi connectivity index (χ4n) is 4.02. The Balaban J connectivity index is 0.000000821. The molecule has 5 rings (SSSR count). The zero-order chi connectivity index (χ0) is 23.5. The van der Waals surface area contributed by atoms with Gasteiger partial charge in [-0.25, -0.2) is 9.98 Å². The normalized spacial score (nSPS) is 14.7. The van der Waals surface area contributed by atoms with Crippen LogP contribution in [0, 0.1) is 13.8 Å². The molecule has 0 atom stereocenters. The molecular formula is C26H18Br2Cl2N2Ni. The second-order valence-corrected chi connectivity index (χ2v) is 13.3. The number of hydrogen-bond acceptors (Lipinski definition) is 2. The summed E-state index contributed by atoms with van der Waals surface area (Å²) in [5.41, 5.74) is 7.54. The average molecular weight is 648 g/mol. The molecule has 33 heavy (non-hydrogen) atoms. The van der Waals surface area contributed by atoms with Crippen LogP contribution < -0.4 is 0 Å². The number of nitrogens with zero attached hydrogens (tertiary/aromatic N) is 2. The van der Waals surface area contributed by atoms with Crippen LogP contribution in [-0.4, -0.2) is 11.4 Å². The number of benzene rings is 4. The first-order chi connectivity index (χ1) is 16.0. The van der Waals surface area contributed by atoms with Crippen LogP contribution in [-0.2, 0) is 10.9 Å². The van der Waals surface area contributed by atoms with Gasteiger partial charge in [-0.3, -0.25) is 0 Å². The molecule has 0 amide bonds. The van der Waals surface area contributed by atoms with Crippen molar-refractivity contribution in [3.05, 3.63) is 105 Å². The summed E-state index contributed by atoms with van der Waals surface area (Å²) in [7, 11) is 1.25. The van der Waals surface area contributed by atoms with Crippen LogP contribution >= 0.6 is 51.7 Å². The Morgan fingerprint density at radius 2 is 1.06 bits per heavy atom. The van der Waals surface area contributed by atoms with Crippen LogP contribution in [0.15, 0.2) is 82.8 Å². The van der Waals surface area contributed by atoms with Crippen molar-refractivity contribution in [1.29, 1.82) is 0 Å². The summed E-state index contributed by atoms with van der Waals surface area (Å²) in [6.45, 7) is 4.16. The van der Waals surface area contributed by atoms with E-state index in [0.29, 0.717) is 15.7 Å². The van der Waals surface area contributed by atoms with Crippen LogP contribution in [0.4, 0.5) is 11.4 Å². The second kappa shape index (κ2) is 10.8. The fraction of sp³-hybridized carbons (Fsp3) is 0.0769. The van der Waals surface area contributed by atoms with Crippen LogP contribution in [0.2, 0.25) is 10.0 Å². The molecule has 1 aliphatic carbocycles. The molecule has 0 saturated heterocycles. The Labute approximate surface area is 223 Å². The Bertz CT molecular complexity index is 1270. The maximum atomic E-state index is 6.45. The third-order valence-corrected chi connectivity index (χ3v) is 6.07. The number of halogens is 4. The van der Waals surface area contributed by atoms with Crippen molar-refractivity contribution in [3.8, 4) is 0 Å². The first-order valence-electron chi connectivity index (χ1n) is 9.99. The van der Waals surface area contributed by atoms with Crippen LogP contribution in [0.3, 0.4) is 0 Å². The number of aryl methyl sites for hydroxylation is 2. The van der Waals surface area contributed by atoms with Crippen LogP contribution in [0.5, 0.6) is 0 Å². The molecule has 0 aromatic heterocycles. The summed E-state index contributed by atoms with van der Waals surface area (Å²) in [6.07, 6.45) is 0. The quantitative estimate of drug-likeness (QED) is 0.194. The van der Waals surface area contributed by atoms with Crippen molar-refractivity contribution in [1.82, 2.24) is 0 Å². The van der Waals surface area contributed by atoms with Gasteiger partial charge in [0.2, 0.25) is 0 Å². The molecule has 0 saturated carbocycles. The molecule has 0 bridgehead atoms. The molecule has 0 N–H and O–H groups in total. The van der Waals surface area contributed by atoms with Crippen molar-refractivity contribution in [3.63, 3.8) is 0 Å². The van der Waals surface area contributed by atoms with Gasteiger partial charge in [0.1, 0.15) is 5.69 Å². The van der Waals surface area contributed by atoms with Gasteiger partial charge >= 0.3 is 39.3 Å². The van der Waals surface area contributed by atoms with E-state index >= 15 is 0 Å². The summed E-state index contributed by atoms with van der Waals surface area (Å²) in [4.78, 5) is 10.1. The predicted octanol–water partition coefficient (Wildman–Crippen LogP) is 9.71. The van der Waals surface area contributed by atoms with Gasteiger partial charge in [0.25, 0.3) is 0 Å². The first kappa shape index (κ1) is 24.6. The molecular weight excluding hydrogens is 630 g/mol. The van der Waals surface area contributed by atoms with Crippen LogP contribution in [0.25, 0.3) is 10.8 Å². The molecule has 0 radical (unpaired) electrons. The maximum absolute atomic E-state index is 6.45. The number of hydrogen-bond donors (Lipinski definition) is 0. The molecule has 4 aromatic carbocycles. The molecule has 0 unspecified atom stereocenters. The summed E-state index contributed by atoms with van der Waals surface area (Å²) in [6, 6.07) is 24.2. The molecule has 0 heterocycles. The van der Waals surface area contributed by atoms with Gasteiger partial charge in [-0.15, -0.1) is 0 Å². The van der Waals surface area contributed by atoms with E-state index in [1.807, 2.05) is 12.1 Å². The fourth-order valence-corrected chi connectivity index (χ4v) is 4.50. The summed E-state index contributed by atoms with van der Waals surface area (Å²) < 4.78 is 0. The number of rotatable bonds is 2. The Kier molecular flexibility index (Phi) is 8.09. The van der Waals surface area contributed by atoms with Gasteiger partial charge in [0.15, 0.2) is 0 Å². The van der Waals surface area contributed by atoms with Crippen molar-refractivity contribution < 1.29 is 10.9 Å². The molecule has 0 spiro atoms. The number of para-hydroxylation sites is 2. The molecule has 2 nitrogen and oxygen atoms in total. The van der Waals surface area contributed by atoms with Crippen molar-refractivity contribution >= 4 is 85.2 Å². The third-order valence-electron chi connectivity index (χ3n) is 5.46. The molecule has 0 aliphatic heterocycles. The van der Waals surface area contributed by atoms with Crippen LogP contribution in [0.1, 0.15) is 22.3 Å². The average Bonchev–Trinajstić information content (AvgIpc) is 3.09. The Hall–Kier alpha value is -1.49. The van der Waals surface area contributed by atoms with E-state index < -0.39 is 0 Å². The zero-order valence-electron chi connectivity index (χ0n) is 17.7. The third kappa shape index (κ3) is 4.99. The van der Waals surface area contributed by atoms with Gasteiger partial charge < -0.3 is 0 Å². The minimum atomic E-state index is 0.518. The van der Waals surface area contributed by atoms with Gasteiger partial charge in [-0.2, -0.15) is 0 Å². The molecule has 0 fully saturated rings. The van der Waals surface area contributed by atoms with Gasteiger partial charge in [0.05, 0.1) is 27.2 Å². The van der Waals surface area contributed by atoms with E-state index in [2.05, 4.69) is 90.8 Å². The molecule has 7 heteroatoms. The van der Waals surface area contributed by atoms with E-state index in [1.165, 1.54) is 10.9 Å². The van der Waals surface area contributed by atoms with E-state index in [0.717, 1.165) is 50.1 Å². The van der Waals surface area contributed by atoms with Crippen molar-refractivity contribution in [2.24, 2.45) is 9.98 Å². The molecule has 170 valence electrons. The number of aliphatic imine (C=N–C) groups is 2. The van der Waals surface area contributed by atoms with E-state index in [4.69, 9.17) is 33.2 Å². The van der Waals surface area contributed by atoms with E-state index in [9.17, 15) is 0 Å². The van der Waals surface area contributed by atoms with E-state index in [-0.39, 0.29) is 0 Å². The second-order valence-electron chi connectivity index (χ2n) is 7.49.